The van der Waals surface area contributed by atoms with E-state index in [0.29, 0.717) is 17.5 Å². The number of benzene rings is 1. The molecule has 2 heterocycles. The van der Waals surface area contributed by atoms with Crippen LogP contribution in [0.25, 0.3) is 22.6 Å². The molecule has 1 fully saturated rings. The Morgan fingerprint density at radius 3 is 2.91 bits per heavy atom. The number of hydrogen-bond acceptors (Lipinski definition) is 3. The summed E-state index contributed by atoms with van der Waals surface area (Å²) in [5.74, 6) is 1.00. The minimum absolute atomic E-state index is 0.207. The smallest absolute Gasteiger partial charge is 0.177 e. The lowest BCUT2D eigenvalue weighted by Gasteiger charge is -2.10. The summed E-state index contributed by atoms with van der Waals surface area (Å²) in [6.07, 6.45) is 4.16. The van der Waals surface area contributed by atoms with Gasteiger partial charge >= 0.3 is 0 Å². The number of methoxy groups -OCH3 is 1. The van der Waals surface area contributed by atoms with Crippen molar-refractivity contribution in [2.75, 3.05) is 7.11 Å². The van der Waals surface area contributed by atoms with Gasteiger partial charge in [0.25, 0.3) is 0 Å². The number of aromatic amines is 1. The Kier molecular flexibility index (Phi) is 3.30. The zero-order chi connectivity index (χ0) is 16.1. The predicted molar refractivity (Wildman–Crippen MR) is 86.3 cm³/mol. The van der Waals surface area contributed by atoms with E-state index in [0.717, 1.165) is 11.2 Å². The van der Waals surface area contributed by atoms with Crippen LogP contribution in [0.3, 0.4) is 0 Å². The van der Waals surface area contributed by atoms with Crippen molar-refractivity contribution in [2.24, 2.45) is 5.92 Å². The van der Waals surface area contributed by atoms with Gasteiger partial charge in [0.1, 0.15) is 22.9 Å². The first-order chi connectivity index (χ1) is 11.1. The molecule has 23 heavy (non-hydrogen) atoms. The van der Waals surface area contributed by atoms with E-state index in [9.17, 15) is 4.39 Å². The summed E-state index contributed by atoms with van der Waals surface area (Å²) in [6.45, 7) is 2.14. The number of H-pyrrole nitrogens is 1. The van der Waals surface area contributed by atoms with Gasteiger partial charge in [0.15, 0.2) is 5.65 Å². The Labute approximate surface area is 137 Å². The second-order valence-electron chi connectivity index (χ2n) is 5.93. The highest BCUT2D eigenvalue weighted by Crippen LogP contribution is 2.41. The molecule has 0 aliphatic heterocycles. The molecule has 1 aliphatic rings. The Morgan fingerprint density at radius 2 is 2.22 bits per heavy atom. The van der Waals surface area contributed by atoms with Crippen molar-refractivity contribution in [3.63, 3.8) is 0 Å². The molecule has 0 bridgehead atoms. The van der Waals surface area contributed by atoms with E-state index in [4.69, 9.17) is 16.3 Å². The van der Waals surface area contributed by atoms with E-state index in [1.807, 2.05) is 4.68 Å². The maximum absolute atomic E-state index is 14.3. The largest absolute Gasteiger partial charge is 0.495 e. The molecule has 7 heteroatoms. The Hall–Kier alpha value is -2.08. The summed E-state index contributed by atoms with van der Waals surface area (Å²) in [6, 6.07) is 3.11. The van der Waals surface area contributed by atoms with Crippen LogP contribution in [-0.4, -0.2) is 26.9 Å². The molecule has 2 aromatic heterocycles. The van der Waals surface area contributed by atoms with Gasteiger partial charge < -0.3 is 9.72 Å². The van der Waals surface area contributed by atoms with E-state index in [1.54, 1.807) is 6.20 Å². The zero-order valence-corrected chi connectivity index (χ0v) is 13.6. The van der Waals surface area contributed by atoms with Crippen LogP contribution in [0.4, 0.5) is 4.39 Å². The number of ether oxygens (including phenoxy) is 1. The Morgan fingerprint density at radius 1 is 1.43 bits per heavy atom. The molecule has 0 radical (unpaired) electrons. The first-order valence-corrected chi connectivity index (χ1v) is 7.93. The normalized spacial score (nSPS) is 16.0. The maximum Gasteiger partial charge on any atom is 0.177 e. The van der Waals surface area contributed by atoms with Gasteiger partial charge in [-0.2, -0.15) is 5.10 Å². The number of aromatic nitrogens is 4. The lowest BCUT2D eigenvalue weighted by atomic mass is 10.2. The van der Waals surface area contributed by atoms with Crippen LogP contribution in [-0.2, 0) is 0 Å². The monoisotopic (exact) mass is 334 g/mol. The molecule has 4 rings (SSSR count). The van der Waals surface area contributed by atoms with Gasteiger partial charge in [-0.25, -0.2) is 14.1 Å². The number of hydrogen-bond donors (Lipinski definition) is 1. The summed E-state index contributed by atoms with van der Waals surface area (Å²) in [5.41, 5.74) is 1.70. The van der Waals surface area contributed by atoms with Crippen LogP contribution in [0.5, 0.6) is 5.75 Å². The maximum atomic E-state index is 14.3. The standard InChI is InChI=1S/C16H16ClFN4O/c1-8(9-3-4-9)22-16-11(7-19-22)20-15(21-16)13-10(18)5-6-12(23-2)14(13)17/h5-9H,3-4H2,1-2H3,(H,20,21). The summed E-state index contributed by atoms with van der Waals surface area (Å²) in [5, 5.41) is 4.61. The molecule has 1 saturated carbocycles. The molecular weight excluding hydrogens is 319 g/mol. The van der Waals surface area contributed by atoms with Crippen LogP contribution in [0.2, 0.25) is 5.02 Å². The fraction of sp³-hybridized carbons (Fsp3) is 0.375. The van der Waals surface area contributed by atoms with Crippen molar-refractivity contribution in [3.05, 3.63) is 29.2 Å². The summed E-state index contributed by atoms with van der Waals surface area (Å²) in [7, 11) is 1.50. The molecule has 120 valence electrons. The molecule has 1 atom stereocenters. The van der Waals surface area contributed by atoms with Gasteiger partial charge in [-0.3, -0.25) is 0 Å². The summed E-state index contributed by atoms with van der Waals surface area (Å²) in [4.78, 5) is 7.64. The SMILES string of the molecule is COc1ccc(F)c(-c2nc3c(cnn3C(C)C3CC3)[nH]2)c1Cl. The molecule has 0 saturated heterocycles. The minimum atomic E-state index is -0.443. The quantitative estimate of drug-likeness (QED) is 0.778. The second kappa shape index (κ2) is 5.23. The molecule has 1 aliphatic carbocycles. The Balaban J connectivity index is 1.84. The van der Waals surface area contributed by atoms with Crippen LogP contribution < -0.4 is 4.74 Å². The van der Waals surface area contributed by atoms with Crippen molar-refractivity contribution in [1.82, 2.24) is 19.7 Å². The van der Waals surface area contributed by atoms with Crippen LogP contribution in [0, 0.1) is 11.7 Å². The van der Waals surface area contributed by atoms with E-state index in [-0.39, 0.29) is 16.6 Å². The van der Waals surface area contributed by atoms with Crippen molar-refractivity contribution in [1.29, 1.82) is 0 Å². The Bertz CT molecular complexity index is 884. The van der Waals surface area contributed by atoms with E-state index in [2.05, 4.69) is 22.0 Å². The first-order valence-electron chi connectivity index (χ1n) is 7.55. The van der Waals surface area contributed by atoms with E-state index in [1.165, 1.54) is 32.1 Å². The van der Waals surface area contributed by atoms with Gasteiger partial charge in [-0.05, 0) is 37.8 Å². The number of imidazole rings is 1. The lowest BCUT2D eigenvalue weighted by Crippen LogP contribution is -2.08. The number of nitrogens with zero attached hydrogens (tertiary/aromatic N) is 3. The average molecular weight is 335 g/mol. The number of rotatable bonds is 4. The van der Waals surface area contributed by atoms with Crippen LogP contribution in [0.1, 0.15) is 25.8 Å². The number of fused-ring (bicyclic) bond motifs is 1. The molecule has 0 spiro atoms. The fourth-order valence-electron chi connectivity index (χ4n) is 2.92. The highest BCUT2D eigenvalue weighted by molar-refractivity contribution is 6.34. The lowest BCUT2D eigenvalue weighted by molar-refractivity contribution is 0.414. The van der Waals surface area contributed by atoms with Crippen molar-refractivity contribution >= 4 is 22.8 Å². The molecule has 1 aromatic carbocycles. The van der Waals surface area contributed by atoms with Crippen LogP contribution in [0.15, 0.2) is 18.3 Å². The molecule has 0 amide bonds. The predicted octanol–water partition coefficient (Wildman–Crippen LogP) is 4.20. The third-order valence-corrected chi connectivity index (χ3v) is 4.82. The van der Waals surface area contributed by atoms with Crippen LogP contribution >= 0.6 is 11.6 Å². The first kappa shape index (κ1) is 14.5. The number of halogens is 2. The summed E-state index contributed by atoms with van der Waals surface area (Å²) >= 11 is 6.26. The van der Waals surface area contributed by atoms with Gasteiger partial charge in [0.2, 0.25) is 0 Å². The highest BCUT2D eigenvalue weighted by atomic mass is 35.5. The molecule has 1 N–H and O–H groups in total. The fourth-order valence-corrected chi connectivity index (χ4v) is 3.24. The van der Waals surface area contributed by atoms with Crippen molar-refractivity contribution in [3.8, 4) is 17.1 Å². The molecule has 1 unspecified atom stereocenters. The summed E-state index contributed by atoms with van der Waals surface area (Å²) < 4.78 is 21.3. The topological polar surface area (TPSA) is 55.7 Å². The number of nitrogens with one attached hydrogen (secondary N) is 1. The second-order valence-corrected chi connectivity index (χ2v) is 6.31. The third-order valence-electron chi connectivity index (χ3n) is 4.44. The minimum Gasteiger partial charge on any atom is -0.495 e. The van der Waals surface area contributed by atoms with Gasteiger partial charge in [-0.15, -0.1) is 0 Å². The van der Waals surface area contributed by atoms with E-state index >= 15 is 0 Å². The molecular formula is C16H16ClFN4O. The van der Waals surface area contributed by atoms with Crippen molar-refractivity contribution in [2.45, 2.75) is 25.8 Å². The van der Waals surface area contributed by atoms with Crippen molar-refractivity contribution < 1.29 is 9.13 Å². The van der Waals surface area contributed by atoms with E-state index < -0.39 is 5.82 Å². The average Bonchev–Trinajstić information content (AvgIpc) is 3.19. The van der Waals surface area contributed by atoms with Gasteiger partial charge in [0, 0.05) is 0 Å². The zero-order valence-electron chi connectivity index (χ0n) is 12.8. The molecule has 5 nitrogen and oxygen atoms in total. The highest BCUT2D eigenvalue weighted by Gasteiger charge is 2.31. The molecule has 3 aromatic rings. The van der Waals surface area contributed by atoms with Gasteiger partial charge in [0.05, 0.1) is 29.9 Å². The third kappa shape index (κ3) is 2.28. The van der Waals surface area contributed by atoms with Gasteiger partial charge in [-0.1, -0.05) is 11.6 Å².